The lowest BCUT2D eigenvalue weighted by molar-refractivity contribution is 0.308. The standard InChI is InChI=1S/C34H48/c1-3-5-6-7-8-10-28-13-17-30(18-14-28)32-21-25-34(26-22-32)33-23-19-31(20-24-33)29-15-11-27(9-4-2)12-16-29/h17,19-29H,3-16,18H2,1-2H3/t27-,28?,29-. The second-order valence-corrected chi connectivity index (χ2v) is 11.3. The molecule has 4 rings (SSSR count). The van der Waals surface area contributed by atoms with Crippen molar-refractivity contribution in [3.63, 3.8) is 0 Å². The molecule has 0 N–H and O–H groups in total. The van der Waals surface area contributed by atoms with Crippen molar-refractivity contribution in [1.29, 1.82) is 0 Å². The number of hydrogen-bond donors (Lipinski definition) is 0. The van der Waals surface area contributed by atoms with Gasteiger partial charge in [0.2, 0.25) is 0 Å². The summed E-state index contributed by atoms with van der Waals surface area (Å²) >= 11 is 0. The van der Waals surface area contributed by atoms with Gasteiger partial charge in [-0.05, 0) is 90.5 Å². The molecule has 0 amide bonds. The van der Waals surface area contributed by atoms with E-state index >= 15 is 0 Å². The van der Waals surface area contributed by atoms with Crippen LogP contribution < -0.4 is 0 Å². The fourth-order valence-electron chi connectivity index (χ4n) is 6.47. The van der Waals surface area contributed by atoms with Crippen LogP contribution >= 0.6 is 0 Å². The van der Waals surface area contributed by atoms with E-state index in [-0.39, 0.29) is 0 Å². The Labute approximate surface area is 210 Å². The number of hydrogen-bond acceptors (Lipinski definition) is 0. The Bertz CT molecular complexity index is 861. The van der Waals surface area contributed by atoms with Gasteiger partial charge in [0.05, 0.1) is 0 Å². The van der Waals surface area contributed by atoms with Gasteiger partial charge in [0.25, 0.3) is 0 Å². The Hall–Kier alpha value is -1.82. The van der Waals surface area contributed by atoms with E-state index in [1.807, 2.05) is 0 Å². The molecule has 1 saturated carbocycles. The molecule has 34 heavy (non-hydrogen) atoms. The lowest BCUT2D eigenvalue weighted by atomic mass is 9.77. The molecule has 2 aromatic carbocycles. The van der Waals surface area contributed by atoms with Gasteiger partial charge < -0.3 is 0 Å². The molecule has 184 valence electrons. The van der Waals surface area contributed by atoms with E-state index in [0.29, 0.717) is 0 Å². The van der Waals surface area contributed by atoms with Crippen LogP contribution in [0.25, 0.3) is 16.7 Å². The van der Waals surface area contributed by atoms with E-state index in [9.17, 15) is 0 Å². The molecule has 0 spiro atoms. The second kappa shape index (κ2) is 13.3. The molecular formula is C34H48. The molecule has 1 atom stereocenters. The van der Waals surface area contributed by atoms with Crippen molar-refractivity contribution in [3.8, 4) is 11.1 Å². The fourth-order valence-corrected chi connectivity index (χ4v) is 6.47. The quantitative estimate of drug-likeness (QED) is 0.295. The SMILES string of the molecule is CCCCCCCC1CC=C(c2ccc(-c3ccc([C@H]4CC[C@H](CCC)CC4)cc3)cc2)CC1. The van der Waals surface area contributed by atoms with Crippen molar-refractivity contribution in [2.75, 3.05) is 0 Å². The Balaban J connectivity index is 1.27. The molecule has 1 fully saturated rings. The minimum absolute atomic E-state index is 0.780. The smallest absolute Gasteiger partial charge is 0.0162 e. The van der Waals surface area contributed by atoms with E-state index in [0.717, 1.165) is 17.8 Å². The van der Waals surface area contributed by atoms with Crippen LogP contribution in [0.15, 0.2) is 54.6 Å². The topological polar surface area (TPSA) is 0 Å². The van der Waals surface area contributed by atoms with Gasteiger partial charge in [-0.3, -0.25) is 0 Å². The second-order valence-electron chi connectivity index (χ2n) is 11.3. The average molecular weight is 457 g/mol. The summed E-state index contributed by atoms with van der Waals surface area (Å²) in [6, 6.07) is 18.9. The summed E-state index contributed by atoms with van der Waals surface area (Å²) in [4.78, 5) is 0. The zero-order valence-corrected chi connectivity index (χ0v) is 22.0. The maximum atomic E-state index is 2.54. The van der Waals surface area contributed by atoms with E-state index in [1.54, 1.807) is 11.1 Å². The summed E-state index contributed by atoms with van der Waals surface area (Å²) in [5.74, 6) is 2.69. The van der Waals surface area contributed by atoms with Gasteiger partial charge in [-0.25, -0.2) is 0 Å². The Morgan fingerprint density at radius 1 is 0.588 bits per heavy atom. The summed E-state index contributed by atoms with van der Waals surface area (Å²) in [6.45, 7) is 4.63. The van der Waals surface area contributed by atoms with Gasteiger partial charge in [-0.2, -0.15) is 0 Å². The minimum Gasteiger partial charge on any atom is -0.0804 e. The number of unbranched alkanes of at least 4 members (excludes halogenated alkanes) is 4. The van der Waals surface area contributed by atoms with Gasteiger partial charge in [0.1, 0.15) is 0 Å². The Morgan fingerprint density at radius 3 is 1.85 bits per heavy atom. The summed E-state index contributed by atoms with van der Waals surface area (Å²) in [5.41, 5.74) is 7.27. The van der Waals surface area contributed by atoms with Crippen molar-refractivity contribution in [1.82, 2.24) is 0 Å². The van der Waals surface area contributed by atoms with Crippen LogP contribution in [0.3, 0.4) is 0 Å². The van der Waals surface area contributed by atoms with Gasteiger partial charge in [0.15, 0.2) is 0 Å². The zero-order valence-electron chi connectivity index (χ0n) is 22.0. The monoisotopic (exact) mass is 456 g/mol. The summed E-state index contributed by atoms with van der Waals surface area (Å²) in [7, 11) is 0. The maximum Gasteiger partial charge on any atom is -0.0162 e. The van der Waals surface area contributed by atoms with Crippen molar-refractivity contribution in [2.45, 2.75) is 116 Å². The Morgan fingerprint density at radius 2 is 1.24 bits per heavy atom. The third kappa shape index (κ3) is 7.10. The predicted octanol–water partition coefficient (Wildman–Crippen LogP) is 11.0. The van der Waals surface area contributed by atoms with E-state index < -0.39 is 0 Å². The highest BCUT2D eigenvalue weighted by Crippen LogP contribution is 2.38. The maximum absolute atomic E-state index is 2.54. The Kier molecular flexibility index (Phi) is 9.90. The lowest BCUT2D eigenvalue weighted by Gasteiger charge is -2.28. The molecule has 2 aliphatic rings. The van der Waals surface area contributed by atoms with Gasteiger partial charge in [-0.1, -0.05) is 120 Å². The molecule has 0 saturated heterocycles. The van der Waals surface area contributed by atoms with Crippen molar-refractivity contribution in [2.24, 2.45) is 11.8 Å². The van der Waals surface area contributed by atoms with E-state index in [1.165, 1.54) is 113 Å². The largest absolute Gasteiger partial charge is 0.0804 e. The number of benzene rings is 2. The van der Waals surface area contributed by atoms with Crippen LogP contribution in [0.5, 0.6) is 0 Å². The van der Waals surface area contributed by atoms with Crippen LogP contribution in [-0.4, -0.2) is 0 Å². The predicted molar refractivity (Wildman–Crippen MR) is 150 cm³/mol. The van der Waals surface area contributed by atoms with E-state index in [2.05, 4.69) is 68.5 Å². The lowest BCUT2D eigenvalue weighted by Crippen LogP contribution is -2.13. The highest BCUT2D eigenvalue weighted by Gasteiger charge is 2.21. The van der Waals surface area contributed by atoms with Crippen LogP contribution in [0.4, 0.5) is 0 Å². The molecule has 0 aromatic heterocycles. The van der Waals surface area contributed by atoms with Gasteiger partial charge in [0, 0.05) is 0 Å². The number of allylic oxidation sites excluding steroid dienone is 2. The van der Waals surface area contributed by atoms with Gasteiger partial charge >= 0.3 is 0 Å². The molecule has 0 heteroatoms. The molecular weight excluding hydrogens is 408 g/mol. The average Bonchev–Trinajstić information content (AvgIpc) is 2.90. The third-order valence-electron chi connectivity index (χ3n) is 8.75. The fraction of sp³-hybridized carbons (Fsp3) is 0.588. The summed E-state index contributed by atoms with van der Waals surface area (Å²) < 4.78 is 0. The van der Waals surface area contributed by atoms with Crippen molar-refractivity contribution in [3.05, 3.63) is 65.7 Å². The first-order valence-electron chi connectivity index (χ1n) is 14.7. The summed E-state index contributed by atoms with van der Waals surface area (Å²) in [5, 5.41) is 0. The van der Waals surface area contributed by atoms with Crippen LogP contribution in [-0.2, 0) is 0 Å². The molecule has 1 unspecified atom stereocenters. The molecule has 0 radical (unpaired) electrons. The normalized spacial score (nSPS) is 23.0. The van der Waals surface area contributed by atoms with Crippen molar-refractivity contribution >= 4 is 5.57 Å². The van der Waals surface area contributed by atoms with Crippen LogP contribution in [0.2, 0.25) is 0 Å². The molecule has 0 bridgehead atoms. The molecule has 0 aliphatic heterocycles. The summed E-state index contributed by atoms with van der Waals surface area (Å²) in [6.07, 6.45) is 23.3. The van der Waals surface area contributed by atoms with E-state index in [4.69, 9.17) is 0 Å². The number of rotatable bonds is 11. The zero-order chi connectivity index (χ0) is 23.6. The van der Waals surface area contributed by atoms with Crippen LogP contribution in [0, 0.1) is 11.8 Å². The molecule has 0 nitrogen and oxygen atoms in total. The highest BCUT2D eigenvalue weighted by molar-refractivity contribution is 5.71. The molecule has 2 aromatic rings. The first-order chi connectivity index (χ1) is 16.8. The first-order valence-corrected chi connectivity index (χ1v) is 14.7. The van der Waals surface area contributed by atoms with Crippen LogP contribution in [0.1, 0.15) is 127 Å². The highest BCUT2D eigenvalue weighted by atomic mass is 14.3. The molecule has 2 aliphatic carbocycles. The third-order valence-corrected chi connectivity index (χ3v) is 8.75. The van der Waals surface area contributed by atoms with Crippen molar-refractivity contribution < 1.29 is 0 Å². The van der Waals surface area contributed by atoms with Gasteiger partial charge in [-0.15, -0.1) is 0 Å². The molecule has 0 heterocycles. The minimum atomic E-state index is 0.780. The first kappa shape index (κ1) is 25.3.